The van der Waals surface area contributed by atoms with E-state index >= 15 is 0 Å². The van der Waals surface area contributed by atoms with Crippen molar-refractivity contribution >= 4 is 27.6 Å². The molecule has 4 rings (SSSR count). The number of methoxy groups -OCH3 is 2. The van der Waals surface area contributed by atoms with Gasteiger partial charge in [0.2, 0.25) is 10.0 Å². The average molecular weight is 488 g/mol. The number of fused-ring (bicyclic) bond motifs is 1. The molecule has 1 atom stereocenters. The Morgan fingerprint density at radius 3 is 2.06 bits per heavy atom. The van der Waals surface area contributed by atoms with Crippen molar-refractivity contribution in [3.05, 3.63) is 76.8 Å². The molecule has 172 valence electrons. The Morgan fingerprint density at radius 1 is 0.970 bits per heavy atom. The standard InChI is InChI=1S/C24H22ClNO6S/c1-31-21-13-17-11-12-26(23(24(27)28)20(17)14-22(21)32-2)33(29,30)19-9-5-16(6-10-19)15-3-7-18(25)8-4-15/h3-10,13-14,23H,11-12H2,1-2H3,(H,27,28). The van der Waals surface area contributed by atoms with E-state index in [1.165, 1.54) is 32.4 Å². The molecule has 0 bridgehead atoms. The second-order valence-corrected chi connectivity index (χ2v) is 9.87. The van der Waals surface area contributed by atoms with E-state index in [-0.39, 0.29) is 11.4 Å². The molecule has 0 fully saturated rings. The van der Waals surface area contributed by atoms with Crippen LogP contribution in [0.4, 0.5) is 0 Å². The van der Waals surface area contributed by atoms with Crippen LogP contribution in [0.1, 0.15) is 17.2 Å². The molecule has 0 amide bonds. The Bertz CT molecular complexity index is 1290. The van der Waals surface area contributed by atoms with Gasteiger partial charge in [-0.15, -0.1) is 0 Å². The van der Waals surface area contributed by atoms with Crippen molar-refractivity contribution < 1.29 is 27.8 Å². The normalized spacial score (nSPS) is 16.2. The van der Waals surface area contributed by atoms with Crippen molar-refractivity contribution in [1.29, 1.82) is 0 Å². The summed E-state index contributed by atoms with van der Waals surface area (Å²) in [6, 6.07) is 15.4. The van der Waals surface area contributed by atoms with Crippen LogP contribution in [0.5, 0.6) is 11.5 Å². The van der Waals surface area contributed by atoms with Crippen LogP contribution in [0.3, 0.4) is 0 Å². The Balaban J connectivity index is 1.71. The van der Waals surface area contributed by atoms with E-state index in [1.807, 2.05) is 12.1 Å². The molecule has 33 heavy (non-hydrogen) atoms. The fraction of sp³-hybridized carbons (Fsp3) is 0.208. The number of sulfonamides is 1. The second-order valence-electron chi connectivity index (χ2n) is 7.54. The summed E-state index contributed by atoms with van der Waals surface area (Å²) in [5.74, 6) is -0.451. The Morgan fingerprint density at radius 2 is 1.52 bits per heavy atom. The van der Waals surface area contributed by atoms with Gasteiger partial charge in [0.25, 0.3) is 0 Å². The molecular weight excluding hydrogens is 466 g/mol. The van der Waals surface area contributed by atoms with E-state index in [9.17, 15) is 18.3 Å². The van der Waals surface area contributed by atoms with Crippen molar-refractivity contribution in [1.82, 2.24) is 4.31 Å². The molecular formula is C24H22ClNO6S. The number of carbonyl (C=O) groups is 1. The van der Waals surface area contributed by atoms with Gasteiger partial charge in [-0.25, -0.2) is 8.42 Å². The smallest absolute Gasteiger partial charge is 0.326 e. The summed E-state index contributed by atoms with van der Waals surface area (Å²) < 4.78 is 38.6. The maximum atomic E-state index is 13.5. The number of aliphatic carboxylic acids is 1. The number of halogens is 1. The maximum Gasteiger partial charge on any atom is 0.326 e. The van der Waals surface area contributed by atoms with Crippen LogP contribution in [-0.4, -0.2) is 44.6 Å². The predicted octanol–water partition coefficient (Wildman–Crippen LogP) is 4.40. The van der Waals surface area contributed by atoms with Gasteiger partial charge in [0.05, 0.1) is 19.1 Å². The molecule has 0 saturated carbocycles. The highest BCUT2D eigenvalue weighted by atomic mass is 35.5. The number of hydrogen-bond donors (Lipinski definition) is 1. The molecule has 1 N–H and O–H groups in total. The summed E-state index contributed by atoms with van der Waals surface area (Å²) in [5, 5.41) is 10.6. The van der Waals surface area contributed by atoms with Crippen molar-refractivity contribution in [3.63, 3.8) is 0 Å². The fourth-order valence-corrected chi connectivity index (χ4v) is 5.72. The minimum absolute atomic E-state index is 0.0235. The third-order valence-electron chi connectivity index (χ3n) is 5.70. The lowest BCUT2D eigenvalue weighted by Gasteiger charge is -2.34. The van der Waals surface area contributed by atoms with Gasteiger partial charge >= 0.3 is 5.97 Å². The summed E-state index contributed by atoms with van der Waals surface area (Å²) in [5.41, 5.74) is 2.79. The largest absolute Gasteiger partial charge is 0.493 e. The number of carboxylic acid groups (broad SMARTS) is 1. The van der Waals surface area contributed by atoms with E-state index in [1.54, 1.807) is 30.3 Å². The van der Waals surface area contributed by atoms with Gasteiger partial charge in [0.1, 0.15) is 6.04 Å². The van der Waals surface area contributed by atoms with Crippen LogP contribution in [0.25, 0.3) is 11.1 Å². The van der Waals surface area contributed by atoms with Crippen molar-refractivity contribution in [2.75, 3.05) is 20.8 Å². The molecule has 0 saturated heterocycles. The summed E-state index contributed by atoms with van der Waals surface area (Å²) in [6.45, 7) is 0.0285. The number of nitrogens with zero attached hydrogens (tertiary/aromatic N) is 1. The monoisotopic (exact) mass is 487 g/mol. The van der Waals surface area contributed by atoms with Crippen LogP contribution < -0.4 is 9.47 Å². The van der Waals surface area contributed by atoms with E-state index in [4.69, 9.17) is 21.1 Å². The molecule has 1 aliphatic rings. The predicted molar refractivity (Wildman–Crippen MR) is 124 cm³/mol. The molecule has 1 unspecified atom stereocenters. The van der Waals surface area contributed by atoms with Gasteiger partial charge in [-0.05, 0) is 65.1 Å². The van der Waals surface area contributed by atoms with Crippen LogP contribution in [0.15, 0.2) is 65.6 Å². The minimum Gasteiger partial charge on any atom is -0.493 e. The van der Waals surface area contributed by atoms with Crippen molar-refractivity contribution in [2.24, 2.45) is 0 Å². The van der Waals surface area contributed by atoms with Crippen LogP contribution in [0, 0.1) is 0 Å². The van der Waals surface area contributed by atoms with Gasteiger partial charge in [-0.1, -0.05) is 35.9 Å². The lowest BCUT2D eigenvalue weighted by molar-refractivity contribution is -0.142. The first-order valence-electron chi connectivity index (χ1n) is 10.1. The molecule has 0 radical (unpaired) electrons. The summed E-state index contributed by atoms with van der Waals surface area (Å²) in [4.78, 5) is 12.3. The lowest BCUT2D eigenvalue weighted by atomic mass is 9.93. The summed E-state index contributed by atoms with van der Waals surface area (Å²) in [6.07, 6.45) is 0.349. The van der Waals surface area contributed by atoms with Gasteiger partial charge in [0.15, 0.2) is 11.5 Å². The molecule has 9 heteroatoms. The Hall–Kier alpha value is -3.07. The third-order valence-corrected chi connectivity index (χ3v) is 7.83. The molecule has 0 spiro atoms. The fourth-order valence-electron chi connectivity index (χ4n) is 4.03. The zero-order valence-corrected chi connectivity index (χ0v) is 19.6. The molecule has 7 nitrogen and oxygen atoms in total. The second kappa shape index (κ2) is 9.05. The van der Waals surface area contributed by atoms with E-state index in [0.717, 1.165) is 15.4 Å². The first-order valence-corrected chi connectivity index (χ1v) is 11.9. The number of benzene rings is 3. The number of rotatable bonds is 6. The molecule has 0 aliphatic carbocycles. The van der Waals surface area contributed by atoms with E-state index < -0.39 is 22.0 Å². The zero-order valence-electron chi connectivity index (χ0n) is 18.0. The molecule has 3 aromatic carbocycles. The van der Waals surface area contributed by atoms with Crippen LogP contribution in [0.2, 0.25) is 5.02 Å². The molecule has 3 aromatic rings. The third kappa shape index (κ3) is 4.29. The first kappa shape index (κ1) is 23.1. The van der Waals surface area contributed by atoms with Gasteiger partial charge < -0.3 is 14.6 Å². The number of hydrogen-bond acceptors (Lipinski definition) is 5. The highest BCUT2D eigenvalue weighted by Gasteiger charge is 2.41. The Labute approximate surface area is 197 Å². The number of ether oxygens (including phenoxy) is 2. The molecule has 1 heterocycles. The highest BCUT2D eigenvalue weighted by Crippen LogP contribution is 2.40. The quantitative estimate of drug-likeness (QED) is 0.554. The number of carboxylic acids is 1. The van der Waals surface area contributed by atoms with Gasteiger partial charge in [-0.3, -0.25) is 4.79 Å². The van der Waals surface area contributed by atoms with Gasteiger partial charge in [0, 0.05) is 11.6 Å². The van der Waals surface area contributed by atoms with E-state index in [2.05, 4.69) is 0 Å². The lowest BCUT2D eigenvalue weighted by Crippen LogP contribution is -2.43. The highest BCUT2D eigenvalue weighted by molar-refractivity contribution is 7.89. The van der Waals surface area contributed by atoms with Gasteiger partial charge in [-0.2, -0.15) is 4.31 Å². The zero-order chi connectivity index (χ0) is 23.8. The average Bonchev–Trinajstić information content (AvgIpc) is 2.82. The minimum atomic E-state index is -4.08. The van der Waals surface area contributed by atoms with Crippen LogP contribution in [-0.2, 0) is 21.2 Å². The topological polar surface area (TPSA) is 93.1 Å². The van der Waals surface area contributed by atoms with Crippen molar-refractivity contribution in [2.45, 2.75) is 17.4 Å². The molecule has 0 aromatic heterocycles. The van der Waals surface area contributed by atoms with E-state index in [0.29, 0.717) is 34.1 Å². The molecule has 1 aliphatic heterocycles. The maximum absolute atomic E-state index is 13.5. The Kier molecular flexibility index (Phi) is 6.34. The summed E-state index contributed by atoms with van der Waals surface area (Å²) in [7, 11) is -1.14. The van der Waals surface area contributed by atoms with Crippen LogP contribution >= 0.6 is 11.6 Å². The SMILES string of the molecule is COc1cc2c(cc1OC)C(C(=O)O)N(S(=O)(=O)c1ccc(-c3ccc(Cl)cc3)cc1)CC2. The first-order chi connectivity index (χ1) is 15.8. The van der Waals surface area contributed by atoms with Crippen molar-refractivity contribution in [3.8, 4) is 22.6 Å². The summed E-state index contributed by atoms with van der Waals surface area (Å²) >= 11 is 5.93.